The summed E-state index contributed by atoms with van der Waals surface area (Å²) in [5.41, 5.74) is 2.14. The van der Waals surface area contributed by atoms with Crippen molar-refractivity contribution in [3.8, 4) is 0 Å². The Bertz CT molecular complexity index is 1690. The van der Waals surface area contributed by atoms with Crippen LogP contribution in [0.3, 0.4) is 0 Å². The largest absolute Gasteiger partial charge is 0.418 e. The molecule has 2 N–H and O–H groups in total. The molecular formula is C37H44F2N6O3. The minimum Gasteiger partial charge on any atom is -0.418 e. The summed E-state index contributed by atoms with van der Waals surface area (Å²) in [7, 11) is 0. The van der Waals surface area contributed by atoms with Crippen molar-refractivity contribution >= 4 is 35.0 Å². The third-order valence-electron chi connectivity index (χ3n) is 9.08. The summed E-state index contributed by atoms with van der Waals surface area (Å²) in [5, 5.41) is 5.57. The first-order chi connectivity index (χ1) is 23.1. The van der Waals surface area contributed by atoms with Crippen molar-refractivity contribution in [2.75, 3.05) is 46.6 Å². The van der Waals surface area contributed by atoms with E-state index < -0.39 is 11.7 Å². The molecule has 2 aromatic carbocycles. The summed E-state index contributed by atoms with van der Waals surface area (Å²) in [6.07, 6.45) is 5.10. The predicted octanol–water partition coefficient (Wildman–Crippen LogP) is 7.81. The third-order valence-corrected chi connectivity index (χ3v) is 9.08. The van der Waals surface area contributed by atoms with E-state index in [-0.39, 0.29) is 40.9 Å². The van der Waals surface area contributed by atoms with Crippen molar-refractivity contribution in [2.45, 2.75) is 59.3 Å². The van der Waals surface area contributed by atoms with Crippen LogP contribution in [0.1, 0.15) is 74.2 Å². The Labute approximate surface area is 280 Å². The summed E-state index contributed by atoms with van der Waals surface area (Å²) in [5.74, 6) is -0.565. The Morgan fingerprint density at radius 3 is 2.60 bits per heavy atom. The Morgan fingerprint density at radius 1 is 1.06 bits per heavy atom. The number of para-hydroxylation sites is 1. The Balaban J connectivity index is 1.16. The molecule has 5 rings (SSSR count). The van der Waals surface area contributed by atoms with Crippen LogP contribution in [0.4, 0.5) is 32.0 Å². The monoisotopic (exact) mass is 658 g/mol. The molecule has 0 aliphatic carbocycles. The van der Waals surface area contributed by atoms with E-state index in [0.29, 0.717) is 30.5 Å². The SMILES string of the molecule is CCCN(CCC(C)C(C)C(=O)Nc1ccccc1F)c1ccc(NC(=O)c2oc(N3CCCC(c4cccc(F)c4)C3)nc2C)cn1. The highest BCUT2D eigenvalue weighted by molar-refractivity contribution is 6.03. The second-order valence-electron chi connectivity index (χ2n) is 12.6. The summed E-state index contributed by atoms with van der Waals surface area (Å²) < 4.78 is 33.8. The van der Waals surface area contributed by atoms with E-state index >= 15 is 0 Å². The van der Waals surface area contributed by atoms with Crippen molar-refractivity contribution in [3.05, 3.63) is 95.5 Å². The lowest BCUT2D eigenvalue weighted by atomic mass is 9.91. The standard InChI is InChI=1S/C37H44F2N6O3/c1-5-18-44(20-17-24(2)25(3)35(46)43-32-14-7-6-13-31(32)39)33-16-15-30(22-40-33)42-36(47)34-26(4)41-37(48-34)45-19-9-11-28(23-45)27-10-8-12-29(38)21-27/h6-8,10,12-16,21-22,24-25,28H,5,9,11,17-20,23H2,1-4H3,(H,42,47)(H,43,46). The van der Waals surface area contributed by atoms with Gasteiger partial charge in [0.1, 0.15) is 17.5 Å². The van der Waals surface area contributed by atoms with Crippen LogP contribution in [-0.2, 0) is 4.79 Å². The minimum absolute atomic E-state index is 0.0434. The van der Waals surface area contributed by atoms with E-state index in [1.54, 1.807) is 49.5 Å². The molecule has 254 valence electrons. The van der Waals surface area contributed by atoms with Crippen LogP contribution in [-0.4, -0.2) is 48.0 Å². The van der Waals surface area contributed by atoms with Gasteiger partial charge in [-0.15, -0.1) is 0 Å². The number of nitrogens with zero attached hydrogens (tertiary/aromatic N) is 4. The molecule has 0 saturated carbocycles. The number of oxazole rings is 1. The number of anilines is 4. The average molecular weight is 659 g/mol. The fourth-order valence-electron chi connectivity index (χ4n) is 6.03. The van der Waals surface area contributed by atoms with Gasteiger partial charge in [0.2, 0.25) is 11.7 Å². The number of piperidine rings is 1. The molecule has 1 aliphatic heterocycles. The van der Waals surface area contributed by atoms with Gasteiger partial charge in [-0.1, -0.05) is 45.0 Å². The molecule has 0 spiro atoms. The van der Waals surface area contributed by atoms with Crippen LogP contribution in [0.15, 0.2) is 71.3 Å². The van der Waals surface area contributed by atoms with Gasteiger partial charge in [-0.2, -0.15) is 4.98 Å². The highest BCUT2D eigenvalue weighted by Gasteiger charge is 2.27. The molecule has 48 heavy (non-hydrogen) atoms. The molecule has 2 amide bonds. The van der Waals surface area contributed by atoms with Gasteiger partial charge in [0, 0.05) is 38.0 Å². The number of carbonyl (C=O) groups is 2. The second-order valence-corrected chi connectivity index (χ2v) is 12.6. The lowest BCUT2D eigenvalue weighted by Gasteiger charge is -2.31. The van der Waals surface area contributed by atoms with E-state index in [2.05, 4.69) is 32.4 Å². The number of pyridine rings is 1. The van der Waals surface area contributed by atoms with Gasteiger partial charge in [0.05, 0.1) is 23.3 Å². The molecule has 1 saturated heterocycles. The Kier molecular flexibility index (Phi) is 11.4. The number of hydrogen-bond acceptors (Lipinski definition) is 7. The van der Waals surface area contributed by atoms with Gasteiger partial charge >= 0.3 is 0 Å². The predicted molar refractivity (Wildman–Crippen MR) is 184 cm³/mol. The van der Waals surface area contributed by atoms with E-state index in [1.807, 2.05) is 30.9 Å². The molecule has 2 aromatic heterocycles. The maximum absolute atomic E-state index is 14.0. The normalized spacial score (nSPS) is 15.9. The number of halogens is 2. The van der Waals surface area contributed by atoms with E-state index in [4.69, 9.17) is 4.42 Å². The van der Waals surface area contributed by atoms with Crippen LogP contribution >= 0.6 is 0 Å². The van der Waals surface area contributed by atoms with Crippen molar-refractivity contribution in [2.24, 2.45) is 11.8 Å². The molecule has 11 heteroatoms. The molecule has 3 heterocycles. The lowest BCUT2D eigenvalue weighted by molar-refractivity contribution is -0.120. The number of carbonyl (C=O) groups excluding carboxylic acids is 2. The number of aryl methyl sites for hydroxylation is 1. The highest BCUT2D eigenvalue weighted by atomic mass is 19.1. The number of nitrogens with one attached hydrogen (secondary N) is 2. The van der Waals surface area contributed by atoms with Crippen LogP contribution in [0.25, 0.3) is 0 Å². The summed E-state index contributed by atoms with van der Waals surface area (Å²) in [4.78, 5) is 39.3. The summed E-state index contributed by atoms with van der Waals surface area (Å²) >= 11 is 0. The number of hydrogen-bond donors (Lipinski definition) is 2. The molecule has 3 unspecified atom stereocenters. The number of rotatable bonds is 13. The first kappa shape index (κ1) is 34.5. The topological polar surface area (TPSA) is 104 Å². The lowest BCUT2D eigenvalue weighted by Crippen LogP contribution is -2.34. The maximum atomic E-state index is 14.0. The van der Waals surface area contributed by atoms with Gasteiger partial charge < -0.3 is 24.9 Å². The van der Waals surface area contributed by atoms with Crippen LogP contribution in [0, 0.1) is 30.4 Å². The second kappa shape index (κ2) is 15.9. The molecule has 1 fully saturated rings. The minimum atomic E-state index is -0.458. The van der Waals surface area contributed by atoms with Gasteiger partial charge in [-0.05, 0) is 80.5 Å². The zero-order valence-corrected chi connectivity index (χ0v) is 28.0. The first-order valence-electron chi connectivity index (χ1n) is 16.7. The molecule has 4 aromatic rings. The number of amides is 2. The number of benzene rings is 2. The van der Waals surface area contributed by atoms with Gasteiger partial charge in [-0.25, -0.2) is 13.8 Å². The molecule has 1 aliphatic rings. The molecular weight excluding hydrogens is 614 g/mol. The zero-order chi connectivity index (χ0) is 34.2. The fraction of sp³-hybridized carbons (Fsp3) is 0.405. The van der Waals surface area contributed by atoms with Crippen LogP contribution < -0.4 is 20.4 Å². The Hall–Kier alpha value is -4.80. The third kappa shape index (κ3) is 8.56. The highest BCUT2D eigenvalue weighted by Crippen LogP contribution is 2.31. The van der Waals surface area contributed by atoms with E-state index in [9.17, 15) is 18.4 Å². The van der Waals surface area contributed by atoms with E-state index in [0.717, 1.165) is 50.2 Å². The molecule has 0 radical (unpaired) electrons. The van der Waals surface area contributed by atoms with Crippen LogP contribution in [0.2, 0.25) is 0 Å². The maximum Gasteiger partial charge on any atom is 0.298 e. The number of aromatic nitrogens is 2. The summed E-state index contributed by atoms with van der Waals surface area (Å²) in [6, 6.07) is 16.9. The molecule has 0 bridgehead atoms. The average Bonchev–Trinajstić information content (AvgIpc) is 3.49. The smallest absolute Gasteiger partial charge is 0.298 e. The van der Waals surface area contributed by atoms with Gasteiger partial charge in [0.25, 0.3) is 11.9 Å². The van der Waals surface area contributed by atoms with Gasteiger partial charge in [0.15, 0.2) is 0 Å². The zero-order valence-electron chi connectivity index (χ0n) is 28.0. The van der Waals surface area contributed by atoms with Crippen molar-refractivity contribution < 1.29 is 22.8 Å². The van der Waals surface area contributed by atoms with E-state index in [1.165, 1.54) is 12.1 Å². The summed E-state index contributed by atoms with van der Waals surface area (Å²) in [6.45, 7) is 10.5. The van der Waals surface area contributed by atoms with Crippen molar-refractivity contribution in [1.29, 1.82) is 0 Å². The van der Waals surface area contributed by atoms with Crippen molar-refractivity contribution in [3.63, 3.8) is 0 Å². The quantitative estimate of drug-likeness (QED) is 0.151. The van der Waals surface area contributed by atoms with Crippen molar-refractivity contribution in [1.82, 2.24) is 9.97 Å². The fourth-order valence-corrected chi connectivity index (χ4v) is 6.03. The Morgan fingerprint density at radius 2 is 1.88 bits per heavy atom. The first-order valence-corrected chi connectivity index (χ1v) is 16.7. The molecule has 3 atom stereocenters. The van der Waals surface area contributed by atoms with Crippen LogP contribution in [0.5, 0.6) is 0 Å². The molecule has 9 nitrogen and oxygen atoms in total. The van der Waals surface area contributed by atoms with Gasteiger partial charge in [-0.3, -0.25) is 9.59 Å².